The first-order valence-electron chi connectivity index (χ1n) is 11.6. The average molecular weight is 472 g/mol. The minimum Gasteiger partial charge on any atom is -0.497 e. The molecular weight excluding hydrogens is 438 g/mol. The summed E-state index contributed by atoms with van der Waals surface area (Å²) in [6, 6.07) is 15.8. The van der Waals surface area contributed by atoms with Crippen LogP contribution in [0.25, 0.3) is 0 Å². The molecule has 0 amide bonds. The van der Waals surface area contributed by atoms with Gasteiger partial charge in [0.15, 0.2) is 0 Å². The molecule has 1 heterocycles. The van der Waals surface area contributed by atoms with Crippen LogP contribution in [0.2, 0.25) is 0 Å². The molecule has 2 aromatic carbocycles. The summed E-state index contributed by atoms with van der Waals surface area (Å²) in [6.45, 7) is 3.46. The third-order valence-electron chi connectivity index (χ3n) is 5.62. The van der Waals surface area contributed by atoms with Crippen LogP contribution in [0, 0.1) is 0 Å². The second-order valence-electron chi connectivity index (χ2n) is 8.19. The van der Waals surface area contributed by atoms with Gasteiger partial charge in [-0.3, -0.25) is 14.5 Å². The summed E-state index contributed by atoms with van der Waals surface area (Å²) >= 11 is 0. The van der Waals surface area contributed by atoms with E-state index in [4.69, 9.17) is 24.1 Å². The zero-order valence-corrected chi connectivity index (χ0v) is 19.6. The Morgan fingerprint density at radius 2 is 1.85 bits per heavy atom. The lowest BCUT2D eigenvalue weighted by atomic mass is 10.0. The second-order valence-corrected chi connectivity index (χ2v) is 8.19. The van der Waals surface area contributed by atoms with Gasteiger partial charge in [0, 0.05) is 19.6 Å². The number of hydrogen-bond acceptors (Lipinski definition) is 7. The number of carbonyl (C=O) groups is 2. The molecule has 1 aliphatic rings. The Labute approximate surface area is 200 Å². The van der Waals surface area contributed by atoms with E-state index < -0.39 is 18.0 Å². The molecule has 2 aromatic rings. The van der Waals surface area contributed by atoms with E-state index in [0.717, 1.165) is 43.0 Å². The molecule has 1 unspecified atom stereocenters. The van der Waals surface area contributed by atoms with Crippen molar-refractivity contribution in [2.24, 2.45) is 0 Å². The van der Waals surface area contributed by atoms with Crippen LogP contribution in [0.3, 0.4) is 0 Å². The third-order valence-corrected chi connectivity index (χ3v) is 5.62. The monoisotopic (exact) mass is 471 g/mol. The van der Waals surface area contributed by atoms with Gasteiger partial charge in [0.25, 0.3) is 0 Å². The van der Waals surface area contributed by atoms with Crippen LogP contribution in [0.1, 0.15) is 24.0 Å². The number of aryl methyl sites for hydroxylation is 2. The first-order chi connectivity index (χ1) is 16.5. The van der Waals surface area contributed by atoms with Crippen molar-refractivity contribution in [2.75, 3.05) is 46.6 Å². The lowest BCUT2D eigenvalue weighted by Crippen LogP contribution is -2.44. The lowest BCUT2D eigenvalue weighted by Gasteiger charge is -2.30. The lowest BCUT2D eigenvalue weighted by molar-refractivity contribution is -0.154. The van der Waals surface area contributed by atoms with E-state index in [1.807, 2.05) is 42.5 Å². The highest BCUT2D eigenvalue weighted by Crippen LogP contribution is 2.22. The molecule has 0 aliphatic carbocycles. The van der Waals surface area contributed by atoms with E-state index in [-0.39, 0.29) is 19.4 Å². The number of benzene rings is 2. The number of nitrogens with zero attached hydrogens (tertiary/aromatic N) is 1. The molecule has 0 bridgehead atoms. The molecule has 0 saturated carbocycles. The Morgan fingerprint density at radius 1 is 1.06 bits per heavy atom. The van der Waals surface area contributed by atoms with E-state index in [1.165, 1.54) is 5.56 Å². The number of rotatable bonds is 13. The van der Waals surface area contributed by atoms with Crippen LogP contribution in [0.5, 0.6) is 11.5 Å². The predicted molar refractivity (Wildman–Crippen MR) is 126 cm³/mol. The van der Waals surface area contributed by atoms with Gasteiger partial charge in [0.05, 0.1) is 33.2 Å². The molecule has 0 aromatic heterocycles. The van der Waals surface area contributed by atoms with Crippen LogP contribution in [0.15, 0.2) is 48.5 Å². The van der Waals surface area contributed by atoms with Crippen molar-refractivity contribution in [3.63, 3.8) is 0 Å². The van der Waals surface area contributed by atoms with Gasteiger partial charge >= 0.3 is 11.9 Å². The van der Waals surface area contributed by atoms with Gasteiger partial charge in [0.1, 0.15) is 24.2 Å². The maximum absolute atomic E-state index is 12.2. The zero-order chi connectivity index (χ0) is 24.2. The first-order valence-corrected chi connectivity index (χ1v) is 11.6. The molecule has 1 atom stereocenters. The molecule has 1 saturated heterocycles. The van der Waals surface area contributed by atoms with Gasteiger partial charge in [-0.1, -0.05) is 30.3 Å². The zero-order valence-electron chi connectivity index (χ0n) is 19.6. The molecule has 8 heteroatoms. The Hall–Kier alpha value is -3.10. The van der Waals surface area contributed by atoms with E-state index in [2.05, 4.69) is 11.0 Å². The molecule has 1 N–H and O–H groups in total. The largest absolute Gasteiger partial charge is 0.497 e. The summed E-state index contributed by atoms with van der Waals surface area (Å²) in [5, 5.41) is 8.84. The topological polar surface area (TPSA) is 94.5 Å². The summed E-state index contributed by atoms with van der Waals surface area (Å²) in [5.74, 6) is 0.0233. The van der Waals surface area contributed by atoms with Crippen molar-refractivity contribution in [1.82, 2.24) is 4.90 Å². The molecule has 184 valence electrons. The highest BCUT2D eigenvalue weighted by Gasteiger charge is 2.22. The van der Waals surface area contributed by atoms with Gasteiger partial charge in [-0.15, -0.1) is 0 Å². The van der Waals surface area contributed by atoms with E-state index in [0.29, 0.717) is 19.8 Å². The van der Waals surface area contributed by atoms with Gasteiger partial charge in [0.2, 0.25) is 0 Å². The number of hydrogen-bond donors (Lipinski definition) is 1. The highest BCUT2D eigenvalue weighted by molar-refractivity contribution is 5.76. The number of carbonyl (C=O) groups excluding carboxylic acids is 1. The second kappa shape index (κ2) is 13.6. The van der Waals surface area contributed by atoms with Crippen LogP contribution in [-0.4, -0.2) is 74.6 Å². The smallest absolute Gasteiger partial charge is 0.306 e. The van der Waals surface area contributed by atoms with E-state index >= 15 is 0 Å². The maximum atomic E-state index is 12.2. The minimum atomic E-state index is -1.03. The predicted octanol–water partition coefficient (Wildman–Crippen LogP) is 2.97. The van der Waals surface area contributed by atoms with Crippen molar-refractivity contribution in [2.45, 2.75) is 31.8 Å². The normalized spacial score (nSPS) is 14.9. The van der Waals surface area contributed by atoms with Gasteiger partial charge in [-0.2, -0.15) is 0 Å². The summed E-state index contributed by atoms with van der Waals surface area (Å²) in [5.41, 5.74) is 2.24. The van der Waals surface area contributed by atoms with Crippen LogP contribution in [0.4, 0.5) is 0 Å². The molecular formula is C26H33NO7. The van der Waals surface area contributed by atoms with E-state index in [9.17, 15) is 9.59 Å². The Morgan fingerprint density at radius 3 is 2.62 bits per heavy atom. The number of para-hydroxylation sites is 1. The molecule has 0 radical (unpaired) electrons. The summed E-state index contributed by atoms with van der Waals surface area (Å²) in [6.07, 6.45) is 0.698. The number of carboxylic acids is 1. The number of aliphatic carboxylic acids is 1. The highest BCUT2D eigenvalue weighted by atomic mass is 16.6. The molecule has 1 fully saturated rings. The standard InChI is InChI=1S/C26H33NO7/c1-31-22-7-4-5-20(17-22)9-10-21-6-2-3-8-24(21)33-19-23(18-27-13-15-32-16-14-27)34-26(30)12-11-25(28)29/h2-8,17,23H,9-16,18-19H2,1H3,(H,28,29). The van der Waals surface area contributed by atoms with Crippen molar-refractivity contribution >= 4 is 11.9 Å². The van der Waals surface area contributed by atoms with Gasteiger partial charge < -0.3 is 24.1 Å². The molecule has 3 rings (SSSR count). The van der Waals surface area contributed by atoms with Crippen molar-refractivity contribution in [1.29, 1.82) is 0 Å². The fourth-order valence-electron chi connectivity index (χ4n) is 3.79. The summed E-state index contributed by atoms with van der Waals surface area (Å²) in [4.78, 5) is 25.2. The number of methoxy groups -OCH3 is 1. The van der Waals surface area contributed by atoms with Crippen molar-refractivity contribution in [3.05, 3.63) is 59.7 Å². The summed E-state index contributed by atoms with van der Waals surface area (Å²) < 4.78 is 22.4. The van der Waals surface area contributed by atoms with E-state index in [1.54, 1.807) is 7.11 Å². The molecule has 8 nitrogen and oxygen atoms in total. The number of carboxylic acid groups (broad SMARTS) is 1. The number of ether oxygens (including phenoxy) is 4. The Balaban J connectivity index is 1.61. The average Bonchev–Trinajstić information content (AvgIpc) is 2.86. The maximum Gasteiger partial charge on any atom is 0.306 e. The van der Waals surface area contributed by atoms with Crippen LogP contribution in [-0.2, 0) is 31.9 Å². The molecule has 1 aliphatic heterocycles. The number of esters is 1. The van der Waals surface area contributed by atoms with Gasteiger partial charge in [-0.25, -0.2) is 0 Å². The van der Waals surface area contributed by atoms with Crippen molar-refractivity contribution in [3.8, 4) is 11.5 Å². The SMILES string of the molecule is COc1cccc(CCc2ccccc2OCC(CN2CCOCC2)OC(=O)CCC(=O)O)c1. The first kappa shape index (κ1) is 25.5. The fraction of sp³-hybridized carbons (Fsp3) is 0.462. The Bertz CT molecular complexity index is 927. The quantitative estimate of drug-likeness (QED) is 0.446. The fourth-order valence-corrected chi connectivity index (χ4v) is 3.79. The Kier molecular flexibility index (Phi) is 10.2. The third kappa shape index (κ3) is 8.68. The molecule has 34 heavy (non-hydrogen) atoms. The van der Waals surface area contributed by atoms with Gasteiger partial charge in [-0.05, 0) is 42.2 Å². The minimum absolute atomic E-state index is 0.161. The number of morpholine rings is 1. The van der Waals surface area contributed by atoms with Crippen LogP contribution >= 0.6 is 0 Å². The molecule has 0 spiro atoms. The van der Waals surface area contributed by atoms with Crippen LogP contribution < -0.4 is 9.47 Å². The van der Waals surface area contributed by atoms with Crippen molar-refractivity contribution < 1.29 is 33.6 Å². The summed E-state index contributed by atoms with van der Waals surface area (Å²) in [7, 11) is 1.66.